The zero-order chi connectivity index (χ0) is 30.3. The Labute approximate surface area is 257 Å². The van der Waals surface area contributed by atoms with E-state index in [4.69, 9.17) is 37.8 Å². The number of piperazine rings is 1. The van der Waals surface area contributed by atoms with E-state index >= 15 is 0 Å². The number of carbonyl (C=O) groups excluding carboxylic acids is 1. The van der Waals surface area contributed by atoms with E-state index < -0.39 is 6.61 Å². The molecule has 1 saturated heterocycles. The lowest BCUT2D eigenvalue weighted by Gasteiger charge is -2.34. The quantitative estimate of drug-likeness (QED) is 0.235. The van der Waals surface area contributed by atoms with E-state index in [1.165, 1.54) is 26.7 Å². The van der Waals surface area contributed by atoms with Crippen LogP contribution in [0.4, 0.5) is 23.1 Å². The van der Waals surface area contributed by atoms with Crippen molar-refractivity contribution in [2.45, 2.75) is 6.54 Å². The van der Waals surface area contributed by atoms with Crippen LogP contribution in [-0.4, -0.2) is 92.7 Å². The average Bonchev–Trinajstić information content (AvgIpc) is 3.04. The van der Waals surface area contributed by atoms with Gasteiger partial charge in [-0.2, -0.15) is 0 Å². The summed E-state index contributed by atoms with van der Waals surface area (Å²) < 4.78 is 10.7. The van der Waals surface area contributed by atoms with Crippen LogP contribution in [-0.2, 0) is 11.3 Å². The van der Waals surface area contributed by atoms with Gasteiger partial charge in [0.2, 0.25) is 5.91 Å². The fraction of sp³-hybridized carbons (Fsp3) is 0.286. The van der Waals surface area contributed by atoms with Gasteiger partial charge >= 0.3 is 0 Å². The highest BCUT2D eigenvalue weighted by atomic mass is 35.5. The van der Waals surface area contributed by atoms with Gasteiger partial charge in [-0.15, -0.1) is 0 Å². The lowest BCUT2D eigenvalue weighted by Crippen LogP contribution is -2.49. The van der Waals surface area contributed by atoms with Crippen LogP contribution in [0.3, 0.4) is 0 Å². The average molecular weight is 627 g/mol. The third kappa shape index (κ3) is 7.03. The van der Waals surface area contributed by atoms with Crippen molar-refractivity contribution in [3.63, 3.8) is 0 Å². The zero-order valence-corrected chi connectivity index (χ0v) is 24.9. The third-order valence-corrected chi connectivity index (χ3v) is 7.52. The molecule has 0 spiro atoms. The van der Waals surface area contributed by atoms with Crippen molar-refractivity contribution in [2.24, 2.45) is 0 Å². The highest BCUT2D eigenvalue weighted by molar-refractivity contribution is 6.41. The van der Waals surface area contributed by atoms with Crippen molar-refractivity contribution in [2.75, 3.05) is 57.6 Å². The fourth-order valence-electron chi connectivity index (χ4n) is 4.52. The van der Waals surface area contributed by atoms with E-state index in [1.54, 1.807) is 29.4 Å². The molecule has 224 valence electrons. The molecule has 4 heterocycles. The maximum atomic E-state index is 11.7. The molecule has 3 N–H and O–H groups in total. The van der Waals surface area contributed by atoms with E-state index in [0.717, 1.165) is 18.7 Å². The summed E-state index contributed by atoms with van der Waals surface area (Å²) in [5.41, 5.74) is 2.31. The van der Waals surface area contributed by atoms with Crippen LogP contribution in [0.1, 0.15) is 5.56 Å². The van der Waals surface area contributed by atoms with Crippen LogP contribution in [0.2, 0.25) is 10.0 Å². The standard InChI is InChI=1S/C28H29Cl2N9O4/c1-42-19-12-20(43-2)25(30)27(24(19)29)37-28-26(31-5-6-32-28)18-11-22(35-16-34-18)36-21-4-3-17(13-33-21)14-38-7-9-39(10-8-38)23(41)15-40/h3-6,11-13,16,40H,7-10,14-15H2,1-2H3,(H,32,37)(H,33,34,35,36). The smallest absolute Gasteiger partial charge is 0.248 e. The first-order valence-corrected chi connectivity index (χ1v) is 14.0. The van der Waals surface area contributed by atoms with Crippen LogP contribution >= 0.6 is 23.2 Å². The molecule has 3 aromatic heterocycles. The number of methoxy groups -OCH3 is 2. The van der Waals surface area contributed by atoms with E-state index in [2.05, 4.69) is 40.5 Å². The summed E-state index contributed by atoms with van der Waals surface area (Å²) in [6.07, 6.45) is 6.30. The molecule has 0 atom stereocenters. The van der Waals surface area contributed by atoms with Crippen molar-refractivity contribution in [3.05, 3.63) is 64.8 Å². The van der Waals surface area contributed by atoms with Gasteiger partial charge in [-0.3, -0.25) is 9.69 Å². The number of pyridine rings is 1. The number of hydrogen-bond donors (Lipinski definition) is 3. The highest BCUT2D eigenvalue weighted by Crippen LogP contribution is 2.45. The molecule has 1 aliphatic heterocycles. The summed E-state index contributed by atoms with van der Waals surface area (Å²) in [4.78, 5) is 37.8. The Morgan fingerprint density at radius 3 is 2.28 bits per heavy atom. The molecular formula is C28H29Cl2N9O4. The minimum absolute atomic E-state index is 0.234. The molecule has 5 rings (SSSR count). The van der Waals surface area contributed by atoms with Gasteiger partial charge in [-0.25, -0.2) is 24.9 Å². The van der Waals surface area contributed by atoms with Gasteiger partial charge in [0.15, 0.2) is 5.82 Å². The molecule has 0 bridgehead atoms. The van der Waals surface area contributed by atoms with Crippen molar-refractivity contribution in [1.82, 2.24) is 34.7 Å². The van der Waals surface area contributed by atoms with Gasteiger partial charge in [0, 0.05) is 63.4 Å². The first kappa shape index (κ1) is 30.2. The Balaban J connectivity index is 1.29. The SMILES string of the molecule is COc1cc(OC)c(Cl)c(Nc2nccnc2-c2cc(Nc3ccc(CN4CCN(C(=O)CO)CC4)cn3)ncn2)c1Cl. The van der Waals surface area contributed by atoms with Gasteiger partial charge in [0.1, 0.15) is 51.8 Å². The van der Waals surface area contributed by atoms with Crippen LogP contribution in [0.5, 0.6) is 11.5 Å². The van der Waals surface area contributed by atoms with Gasteiger partial charge < -0.3 is 30.1 Å². The van der Waals surface area contributed by atoms with Gasteiger partial charge in [-0.1, -0.05) is 29.3 Å². The number of ether oxygens (including phenoxy) is 2. The second-order valence-corrected chi connectivity index (χ2v) is 10.2. The van der Waals surface area contributed by atoms with Crippen molar-refractivity contribution in [3.8, 4) is 22.9 Å². The number of aliphatic hydroxyl groups excluding tert-OH is 1. The first-order valence-electron chi connectivity index (χ1n) is 13.2. The summed E-state index contributed by atoms with van der Waals surface area (Å²) in [6.45, 7) is 2.92. The molecule has 4 aromatic rings. The van der Waals surface area contributed by atoms with Crippen molar-refractivity contribution in [1.29, 1.82) is 0 Å². The van der Waals surface area contributed by atoms with Crippen LogP contribution in [0.15, 0.2) is 49.2 Å². The fourth-order valence-corrected chi connectivity index (χ4v) is 5.12. The second-order valence-electron chi connectivity index (χ2n) is 9.44. The number of amides is 1. The summed E-state index contributed by atoms with van der Waals surface area (Å²) >= 11 is 13.1. The summed E-state index contributed by atoms with van der Waals surface area (Å²) in [5.74, 6) is 1.98. The van der Waals surface area contributed by atoms with E-state index in [0.29, 0.717) is 65.7 Å². The van der Waals surface area contributed by atoms with E-state index in [9.17, 15) is 4.79 Å². The van der Waals surface area contributed by atoms with Crippen molar-refractivity contribution < 1.29 is 19.4 Å². The predicted octanol–water partition coefficient (Wildman–Crippen LogP) is 3.78. The Morgan fingerprint density at radius 2 is 1.63 bits per heavy atom. The zero-order valence-electron chi connectivity index (χ0n) is 23.4. The predicted molar refractivity (Wildman–Crippen MR) is 162 cm³/mol. The molecular weight excluding hydrogens is 597 g/mol. The molecule has 15 heteroatoms. The normalized spacial score (nSPS) is 13.5. The number of anilines is 4. The Bertz CT molecular complexity index is 1560. The molecule has 43 heavy (non-hydrogen) atoms. The number of nitrogens with one attached hydrogen (secondary N) is 2. The van der Waals surface area contributed by atoms with Crippen LogP contribution in [0, 0.1) is 0 Å². The van der Waals surface area contributed by atoms with Gasteiger partial charge in [0.25, 0.3) is 0 Å². The Morgan fingerprint density at radius 1 is 0.907 bits per heavy atom. The van der Waals surface area contributed by atoms with Gasteiger partial charge in [-0.05, 0) is 11.6 Å². The maximum Gasteiger partial charge on any atom is 0.248 e. The van der Waals surface area contributed by atoms with Crippen molar-refractivity contribution >= 4 is 52.3 Å². The number of aliphatic hydroxyl groups is 1. The molecule has 1 aromatic carbocycles. The summed E-state index contributed by atoms with van der Waals surface area (Å²) in [5, 5.41) is 15.9. The molecule has 0 unspecified atom stereocenters. The van der Waals surface area contributed by atoms with E-state index in [1.807, 2.05) is 12.1 Å². The first-order chi connectivity index (χ1) is 20.9. The minimum atomic E-state index is -0.453. The van der Waals surface area contributed by atoms with Crippen LogP contribution in [0.25, 0.3) is 11.4 Å². The molecule has 0 aliphatic carbocycles. The highest BCUT2D eigenvalue weighted by Gasteiger charge is 2.22. The molecule has 1 amide bonds. The lowest BCUT2D eigenvalue weighted by molar-refractivity contribution is -0.136. The lowest BCUT2D eigenvalue weighted by atomic mass is 10.2. The molecule has 1 aliphatic rings. The Kier molecular flexibility index (Phi) is 9.67. The maximum absolute atomic E-state index is 11.7. The number of rotatable bonds is 10. The number of carbonyl (C=O) groups is 1. The topological polar surface area (TPSA) is 151 Å². The van der Waals surface area contributed by atoms with E-state index in [-0.39, 0.29) is 16.0 Å². The Hall–Kier alpha value is -4.30. The van der Waals surface area contributed by atoms with Crippen LogP contribution < -0.4 is 20.1 Å². The summed E-state index contributed by atoms with van der Waals surface area (Å²) in [6, 6.07) is 7.19. The molecule has 0 saturated carbocycles. The second kappa shape index (κ2) is 13.8. The monoisotopic (exact) mass is 625 g/mol. The number of aromatic nitrogens is 5. The number of benzene rings is 1. The van der Waals surface area contributed by atoms with Gasteiger partial charge in [0.05, 0.1) is 25.6 Å². The summed E-state index contributed by atoms with van der Waals surface area (Å²) in [7, 11) is 2.99. The molecule has 0 radical (unpaired) electrons. The largest absolute Gasteiger partial charge is 0.495 e. The molecule has 1 fully saturated rings. The minimum Gasteiger partial charge on any atom is -0.495 e. The molecule has 13 nitrogen and oxygen atoms in total. The number of halogens is 2. The number of hydrogen-bond acceptors (Lipinski definition) is 12. The third-order valence-electron chi connectivity index (χ3n) is 6.77. The number of nitrogens with zero attached hydrogens (tertiary/aromatic N) is 7.